The number of aliphatic imine (C=N–C) groups is 1. The number of halogens is 1. The zero-order valence-corrected chi connectivity index (χ0v) is 19.1. The van der Waals surface area contributed by atoms with E-state index >= 15 is 0 Å². The third-order valence-electron chi connectivity index (χ3n) is 3.34. The summed E-state index contributed by atoms with van der Waals surface area (Å²) in [5.74, 6) is 1.66. The molecule has 2 rings (SSSR count). The first kappa shape index (κ1) is 22.7. The topological polar surface area (TPSA) is 58.5 Å². The molecule has 0 radical (unpaired) electrons. The molecule has 0 aliphatic rings. The molecule has 0 aliphatic carbocycles. The molecule has 1 aromatic carbocycles. The predicted molar refractivity (Wildman–Crippen MR) is 121 cm³/mol. The molecule has 26 heavy (non-hydrogen) atoms. The molecule has 144 valence electrons. The van der Waals surface area contributed by atoms with Crippen molar-refractivity contribution in [1.82, 2.24) is 15.6 Å². The fraction of sp³-hybridized carbons (Fsp3) is 0.474. The van der Waals surface area contributed by atoms with Crippen molar-refractivity contribution in [3.05, 3.63) is 46.4 Å². The molecule has 5 nitrogen and oxygen atoms in total. The van der Waals surface area contributed by atoms with Crippen LogP contribution in [0.5, 0.6) is 5.75 Å². The second-order valence-corrected chi connectivity index (χ2v) is 7.54. The van der Waals surface area contributed by atoms with Crippen molar-refractivity contribution >= 4 is 41.3 Å². The summed E-state index contributed by atoms with van der Waals surface area (Å²) in [6.45, 7) is 11.2. The summed E-state index contributed by atoms with van der Waals surface area (Å²) < 4.78 is 5.68. The van der Waals surface area contributed by atoms with Crippen LogP contribution in [0.2, 0.25) is 0 Å². The first-order valence-corrected chi connectivity index (χ1v) is 9.52. The highest BCUT2D eigenvalue weighted by atomic mass is 127. The third kappa shape index (κ3) is 7.90. The second kappa shape index (κ2) is 11.4. The van der Waals surface area contributed by atoms with Crippen LogP contribution in [-0.2, 0) is 12.0 Å². The Balaban J connectivity index is 0.00000338. The average Bonchev–Trinajstić information content (AvgIpc) is 3.07. The number of thiazole rings is 1. The number of aromatic nitrogens is 1. The normalized spacial score (nSPS) is 11.6. The van der Waals surface area contributed by atoms with Crippen LogP contribution in [0.15, 0.2) is 40.7 Å². The number of guanidine groups is 1. The molecule has 0 saturated heterocycles. The Kier molecular flexibility index (Phi) is 9.93. The molecular formula is C19H29IN4OS. The molecule has 0 amide bonds. The van der Waals surface area contributed by atoms with Gasteiger partial charge in [-0.25, -0.2) is 9.98 Å². The quantitative estimate of drug-likeness (QED) is 0.266. The van der Waals surface area contributed by atoms with Crippen LogP contribution in [0, 0.1) is 0 Å². The van der Waals surface area contributed by atoms with Crippen LogP contribution in [0.4, 0.5) is 0 Å². The number of hydrogen-bond acceptors (Lipinski definition) is 4. The van der Waals surface area contributed by atoms with Gasteiger partial charge in [0, 0.05) is 17.3 Å². The van der Waals surface area contributed by atoms with Gasteiger partial charge in [0.25, 0.3) is 0 Å². The first-order chi connectivity index (χ1) is 12.0. The lowest BCUT2D eigenvalue weighted by Crippen LogP contribution is -2.39. The van der Waals surface area contributed by atoms with E-state index in [2.05, 4.69) is 53.7 Å². The summed E-state index contributed by atoms with van der Waals surface area (Å²) in [4.78, 5) is 9.29. The van der Waals surface area contributed by atoms with Crippen molar-refractivity contribution in [3.63, 3.8) is 0 Å². The van der Waals surface area contributed by atoms with E-state index in [1.165, 1.54) is 0 Å². The molecule has 0 atom stereocenters. The number of ether oxygens (including phenoxy) is 1. The molecule has 0 saturated carbocycles. The molecule has 7 heteroatoms. The maximum atomic E-state index is 5.68. The Morgan fingerprint density at radius 3 is 2.54 bits per heavy atom. The van der Waals surface area contributed by atoms with Gasteiger partial charge < -0.3 is 15.4 Å². The number of para-hydroxylation sites is 1. The lowest BCUT2D eigenvalue weighted by Gasteiger charge is -2.13. The van der Waals surface area contributed by atoms with Gasteiger partial charge in [-0.05, 0) is 19.1 Å². The number of nitrogens with zero attached hydrogens (tertiary/aromatic N) is 2. The Morgan fingerprint density at radius 2 is 1.92 bits per heavy atom. The van der Waals surface area contributed by atoms with E-state index in [9.17, 15) is 0 Å². The highest BCUT2D eigenvalue weighted by Gasteiger charge is 2.17. The first-order valence-electron chi connectivity index (χ1n) is 8.64. The van der Waals surface area contributed by atoms with Gasteiger partial charge in [-0.3, -0.25) is 0 Å². The number of nitrogens with one attached hydrogen (secondary N) is 2. The number of rotatable bonds is 7. The van der Waals surface area contributed by atoms with E-state index < -0.39 is 0 Å². The van der Waals surface area contributed by atoms with Gasteiger partial charge in [-0.15, -0.1) is 35.3 Å². The molecule has 0 aliphatic heterocycles. The van der Waals surface area contributed by atoms with Crippen molar-refractivity contribution in [1.29, 1.82) is 0 Å². The lowest BCUT2D eigenvalue weighted by atomic mass is 9.98. The smallest absolute Gasteiger partial charge is 0.191 e. The second-order valence-electron chi connectivity index (χ2n) is 6.68. The predicted octanol–water partition coefficient (Wildman–Crippen LogP) is 4.19. The monoisotopic (exact) mass is 488 g/mol. The Labute approximate surface area is 177 Å². The molecule has 0 spiro atoms. The Hall–Kier alpha value is -1.35. The summed E-state index contributed by atoms with van der Waals surface area (Å²) in [5.41, 5.74) is 1.09. The van der Waals surface area contributed by atoms with Crippen molar-refractivity contribution in [2.45, 2.75) is 39.7 Å². The Morgan fingerprint density at radius 1 is 1.19 bits per heavy atom. The minimum atomic E-state index is 0. The minimum absolute atomic E-state index is 0. The Bertz CT molecular complexity index is 668. The van der Waals surface area contributed by atoms with Gasteiger partial charge in [0.2, 0.25) is 0 Å². The maximum Gasteiger partial charge on any atom is 0.191 e. The highest BCUT2D eigenvalue weighted by molar-refractivity contribution is 14.0. The standard InChI is InChI=1S/C19H28N4OS.HI/c1-5-20-18(21-11-12-24-16-9-7-6-8-10-16)22-13-15-14-25-17(23-15)19(2,3)4;/h6-10,14H,5,11-13H2,1-4H3,(H2,20,21,22);1H. The van der Waals surface area contributed by atoms with Gasteiger partial charge in [-0.1, -0.05) is 39.0 Å². The molecule has 1 heterocycles. The van der Waals surface area contributed by atoms with E-state index in [0.29, 0.717) is 19.7 Å². The lowest BCUT2D eigenvalue weighted by molar-refractivity contribution is 0.322. The van der Waals surface area contributed by atoms with Crippen LogP contribution < -0.4 is 15.4 Å². The molecular weight excluding hydrogens is 459 g/mol. The van der Waals surface area contributed by atoms with Gasteiger partial charge in [0.05, 0.1) is 23.8 Å². The van der Waals surface area contributed by atoms with Gasteiger partial charge >= 0.3 is 0 Å². The van der Waals surface area contributed by atoms with E-state index in [-0.39, 0.29) is 29.4 Å². The molecule has 2 N–H and O–H groups in total. The fourth-order valence-electron chi connectivity index (χ4n) is 2.08. The van der Waals surface area contributed by atoms with Gasteiger partial charge in [0.1, 0.15) is 12.4 Å². The number of hydrogen-bond donors (Lipinski definition) is 2. The van der Waals surface area contributed by atoms with Gasteiger partial charge in [-0.2, -0.15) is 0 Å². The van der Waals surface area contributed by atoms with Crippen molar-refractivity contribution < 1.29 is 4.74 Å². The van der Waals surface area contributed by atoms with Crippen LogP contribution in [0.1, 0.15) is 38.4 Å². The summed E-state index contributed by atoms with van der Waals surface area (Å²) >= 11 is 1.70. The fourth-order valence-corrected chi connectivity index (χ4v) is 2.98. The summed E-state index contributed by atoms with van der Waals surface area (Å²) in [5, 5.41) is 9.77. The van der Waals surface area contributed by atoms with E-state index in [1.54, 1.807) is 11.3 Å². The van der Waals surface area contributed by atoms with Gasteiger partial charge in [0.15, 0.2) is 5.96 Å². The van der Waals surface area contributed by atoms with Crippen molar-refractivity contribution in [2.24, 2.45) is 4.99 Å². The zero-order valence-electron chi connectivity index (χ0n) is 15.9. The molecule has 0 unspecified atom stereocenters. The summed E-state index contributed by atoms with van der Waals surface area (Å²) in [7, 11) is 0. The largest absolute Gasteiger partial charge is 0.492 e. The summed E-state index contributed by atoms with van der Waals surface area (Å²) in [6.07, 6.45) is 0. The molecule has 0 fully saturated rings. The maximum absolute atomic E-state index is 5.68. The third-order valence-corrected chi connectivity index (χ3v) is 4.66. The minimum Gasteiger partial charge on any atom is -0.492 e. The zero-order chi connectivity index (χ0) is 18.1. The SMILES string of the molecule is CCNC(=NCc1csc(C(C)(C)C)n1)NCCOc1ccccc1.I. The van der Waals surface area contributed by atoms with E-state index in [4.69, 9.17) is 4.74 Å². The van der Waals surface area contributed by atoms with Crippen LogP contribution in [0.3, 0.4) is 0 Å². The molecule has 1 aromatic heterocycles. The molecule has 0 bridgehead atoms. The van der Waals surface area contributed by atoms with Crippen molar-refractivity contribution in [2.75, 3.05) is 19.7 Å². The van der Waals surface area contributed by atoms with Crippen LogP contribution in [0.25, 0.3) is 0 Å². The average molecular weight is 488 g/mol. The number of benzene rings is 1. The van der Waals surface area contributed by atoms with Crippen molar-refractivity contribution in [3.8, 4) is 5.75 Å². The van der Waals surface area contributed by atoms with E-state index in [0.717, 1.165) is 29.0 Å². The van der Waals surface area contributed by atoms with Crippen LogP contribution in [-0.4, -0.2) is 30.6 Å². The summed E-state index contributed by atoms with van der Waals surface area (Å²) in [6, 6.07) is 9.81. The van der Waals surface area contributed by atoms with Crippen LogP contribution >= 0.6 is 35.3 Å². The van der Waals surface area contributed by atoms with E-state index in [1.807, 2.05) is 30.3 Å². The molecule has 2 aromatic rings. The highest BCUT2D eigenvalue weighted by Crippen LogP contribution is 2.25.